The molecule has 1 aromatic rings. The van der Waals surface area contributed by atoms with E-state index in [1.165, 1.54) is 12.1 Å². The van der Waals surface area contributed by atoms with E-state index in [1.54, 1.807) is 0 Å². The Bertz CT molecular complexity index is 403. The molecule has 0 radical (unpaired) electrons. The van der Waals surface area contributed by atoms with Gasteiger partial charge in [-0.2, -0.15) is 5.10 Å². The molecule has 0 spiro atoms. The van der Waals surface area contributed by atoms with Gasteiger partial charge in [0.15, 0.2) is 0 Å². The SMILES string of the molecule is CCn1cc(CC2(O)CCN3CCC2C3)cn1. The molecule has 2 bridgehead atoms. The number of aliphatic hydroxyl groups is 1. The van der Waals surface area contributed by atoms with Gasteiger partial charge in [-0.25, -0.2) is 0 Å². The maximum atomic E-state index is 10.8. The van der Waals surface area contributed by atoms with E-state index in [2.05, 4.69) is 23.1 Å². The van der Waals surface area contributed by atoms with Gasteiger partial charge in [-0.15, -0.1) is 0 Å². The van der Waals surface area contributed by atoms with Gasteiger partial charge in [-0.3, -0.25) is 4.68 Å². The van der Waals surface area contributed by atoms with Gasteiger partial charge < -0.3 is 10.0 Å². The molecule has 3 rings (SSSR count). The third kappa shape index (κ3) is 2.00. The van der Waals surface area contributed by atoms with Gasteiger partial charge in [0.05, 0.1) is 11.8 Å². The van der Waals surface area contributed by atoms with Crippen LogP contribution in [0.3, 0.4) is 0 Å². The first-order chi connectivity index (χ1) is 8.19. The number of hydrogen-bond donors (Lipinski definition) is 1. The smallest absolute Gasteiger partial charge is 0.0741 e. The van der Waals surface area contributed by atoms with Crippen molar-refractivity contribution in [2.24, 2.45) is 5.92 Å². The molecule has 1 aromatic heterocycles. The van der Waals surface area contributed by atoms with E-state index >= 15 is 0 Å². The highest BCUT2D eigenvalue weighted by Gasteiger charge is 2.44. The second kappa shape index (κ2) is 4.10. The number of piperidine rings is 1. The summed E-state index contributed by atoms with van der Waals surface area (Å²) in [5.74, 6) is 0.459. The molecule has 4 nitrogen and oxygen atoms in total. The molecule has 17 heavy (non-hydrogen) atoms. The Morgan fingerprint density at radius 2 is 2.41 bits per heavy atom. The molecular weight excluding hydrogens is 214 g/mol. The van der Waals surface area contributed by atoms with Crippen molar-refractivity contribution in [2.75, 3.05) is 19.6 Å². The minimum Gasteiger partial charge on any atom is -0.389 e. The van der Waals surface area contributed by atoms with Gasteiger partial charge in [-0.1, -0.05) is 0 Å². The molecule has 2 aliphatic rings. The first kappa shape index (κ1) is 11.2. The van der Waals surface area contributed by atoms with E-state index in [4.69, 9.17) is 0 Å². The monoisotopic (exact) mass is 235 g/mol. The molecule has 4 heteroatoms. The van der Waals surface area contributed by atoms with Crippen LogP contribution in [-0.2, 0) is 13.0 Å². The van der Waals surface area contributed by atoms with Gasteiger partial charge in [0, 0.05) is 38.2 Å². The molecule has 3 atom stereocenters. The fourth-order valence-corrected chi connectivity index (χ4v) is 3.29. The normalized spacial score (nSPS) is 36.4. The Hall–Kier alpha value is -0.870. The summed E-state index contributed by atoms with van der Waals surface area (Å²) in [5, 5.41) is 15.1. The van der Waals surface area contributed by atoms with Crippen LogP contribution in [0.2, 0.25) is 0 Å². The zero-order valence-electron chi connectivity index (χ0n) is 10.5. The molecule has 0 amide bonds. The maximum absolute atomic E-state index is 10.8. The zero-order valence-corrected chi connectivity index (χ0v) is 10.5. The van der Waals surface area contributed by atoms with Crippen molar-refractivity contribution in [1.29, 1.82) is 0 Å². The van der Waals surface area contributed by atoms with Crippen LogP contribution in [-0.4, -0.2) is 45.0 Å². The number of nitrogens with zero attached hydrogens (tertiary/aromatic N) is 3. The van der Waals surface area contributed by atoms with Gasteiger partial charge in [0.2, 0.25) is 0 Å². The average molecular weight is 235 g/mol. The van der Waals surface area contributed by atoms with Crippen molar-refractivity contribution in [2.45, 2.75) is 38.3 Å². The summed E-state index contributed by atoms with van der Waals surface area (Å²) in [6.45, 7) is 6.28. The lowest BCUT2D eigenvalue weighted by molar-refractivity contribution is -0.0439. The van der Waals surface area contributed by atoms with Crippen LogP contribution in [0, 0.1) is 5.92 Å². The van der Waals surface area contributed by atoms with Crippen molar-refractivity contribution in [3.05, 3.63) is 18.0 Å². The highest BCUT2D eigenvalue weighted by molar-refractivity contribution is 5.12. The molecule has 3 heterocycles. The van der Waals surface area contributed by atoms with E-state index in [0.717, 1.165) is 38.9 Å². The first-order valence-corrected chi connectivity index (χ1v) is 6.66. The lowest BCUT2D eigenvalue weighted by Gasteiger charge is -2.38. The Morgan fingerprint density at radius 3 is 3.18 bits per heavy atom. The van der Waals surface area contributed by atoms with Crippen molar-refractivity contribution in [1.82, 2.24) is 14.7 Å². The molecule has 0 aliphatic carbocycles. The molecule has 1 N–H and O–H groups in total. The minimum atomic E-state index is -0.491. The van der Waals surface area contributed by atoms with E-state index in [-0.39, 0.29) is 0 Å². The third-order valence-corrected chi connectivity index (χ3v) is 4.41. The van der Waals surface area contributed by atoms with Crippen LogP contribution in [0.1, 0.15) is 25.3 Å². The molecule has 94 valence electrons. The predicted molar refractivity (Wildman–Crippen MR) is 65.7 cm³/mol. The fraction of sp³-hybridized carbons (Fsp3) is 0.769. The summed E-state index contributed by atoms with van der Waals surface area (Å²) in [6, 6.07) is 0. The number of hydrogen-bond acceptors (Lipinski definition) is 3. The largest absolute Gasteiger partial charge is 0.389 e. The van der Waals surface area contributed by atoms with Crippen molar-refractivity contribution < 1.29 is 5.11 Å². The average Bonchev–Trinajstić information content (AvgIpc) is 2.92. The maximum Gasteiger partial charge on any atom is 0.0741 e. The van der Waals surface area contributed by atoms with Crippen LogP contribution in [0.15, 0.2) is 12.4 Å². The molecule has 0 aromatic carbocycles. The zero-order chi connectivity index (χ0) is 11.9. The third-order valence-electron chi connectivity index (χ3n) is 4.41. The van der Waals surface area contributed by atoms with E-state index in [0.29, 0.717) is 5.92 Å². The molecule has 3 unspecified atom stereocenters. The van der Waals surface area contributed by atoms with Gasteiger partial charge >= 0.3 is 0 Å². The number of fused-ring (bicyclic) bond motifs is 2. The lowest BCUT2D eigenvalue weighted by Crippen LogP contribution is -2.47. The molecule has 2 aliphatic heterocycles. The predicted octanol–water partition coefficient (Wildman–Crippen LogP) is 0.902. The molecule has 2 fully saturated rings. The Balaban J connectivity index is 1.74. The highest BCUT2D eigenvalue weighted by Crippen LogP contribution is 2.37. The highest BCUT2D eigenvalue weighted by atomic mass is 16.3. The minimum absolute atomic E-state index is 0.459. The summed E-state index contributed by atoms with van der Waals surface area (Å²) >= 11 is 0. The summed E-state index contributed by atoms with van der Waals surface area (Å²) in [5.41, 5.74) is 0.684. The van der Waals surface area contributed by atoms with Crippen LogP contribution < -0.4 is 0 Å². The van der Waals surface area contributed by atoms with Gasteiger partial charge in [0.1, 0.15) is 0 Å². The summed E-state index contributed by atoms with van der Waals surface area (Å²) in [6.07, 6.45) is 6.81. The van der Waals surface area contributed by atoms with E-state index in [9.17, 15) is 5.11 Å². The molecular formula is C13H21N3O. The van der Waals surface area contributed by atoms with Gasteiger partial charge in [0.25, 0.3) is 0 Å². The molecule has 0 saturated carbocycles. The number of rotatable bonds is 3. The van der Waals surface area contributed by atoms with Crippen LogP contribution in [0.4, 0.5) is 0 Å². The van der Waals surface area contributed by atoms with Crippen molar-refractivity contribution in [3.8, 4) is 0 Å². The standard InChI is InChI=1S/C13H21N3O/c1-2-16-9-11(8-14-16)7-13(17)4-6-15-5-3-12(13)10-15/h8-9,12,17H,2-7,10H2,1H3. The fourth-order valence-electron chi connectivity index (χ4n) is 3.29. The summed E-state index contributed by atoms with van der Waals surface area (Å²) < 4.78 is 1.93. The summed E-state index contributed by atoms with van der Waals surface area (Å²) in [7, 11) is 0. The van der Waals surface area contributed by atoms with Crippen LogP contribution in [0.5, 0.6) is 0 Å². The van der Waals surface area contributed by atoms with E-state index < -0.39 is 5.60 Å². The number of aryl methyl sites for hydroxylation is 1. The van der Waals surface area contributed by atoms with Crippen LogP contribution in [0.25, 0.3) is 0 Å². The lowest BCUT2D eigenvalue weighted by atomic mass is 9.78. The topological polar surface area (TPSA) is 41.3 Å². The number of aromatic nitrogens is 2. The van der Waals surface area contributed by atoms with Crippen molar-refractivity contribution >= 4 is 0 Å². The van der Waals surface area contributed by atoms with Gasteiger partial charge in [-0.05, 0) is 31.9 Å². The second-order valence-electron chi connectivity index (χ2n) is 5.52. The first-order valence-electron chi connectivity index (χ1n) is 6.66. The summed E-state index contributed by atoms with van der Waals surface area (Å²) in [4.78, 5) is 2.47. The Kier molecular flexibility index (Phi) is 2.71. The van der Waals surface area contributed by atoms with E-state index in [1.807, 2.05) is 10.9 Å². The quantitative estimate of drug-likeness (QED) is 0.846. The Morgan fingerprint density at radius 1 is 1.53 bits per heavy atom. The second-order valence-corrected chi connectivity index (χ2v) is 5.52. The van der Waals surface area contributed by atoms with Crippen molar-refractivity contribution in [3.63, 3.8) is 0 Å². The van der Waals surface area contributed by atoms with Crippen LogP contribution >= 0.6 is 0 Å². The Labute approximate surface area is 102 Å². The molecule has 2 saturated heterocycles.